The van der Waals surface area contributed by atoms with Crippen molar-refractivity contribution in [2.24, 2.45) is 0 Å². The van der Waals surface area contributed by atoms with Gasteiger partial charge in [0.15, 0.2) is 0 Å². The van der Waals surface area contributed by atoms with Crippen LogP contribution in [-0.2, 0) is 10.0 Å². The Morgan fingerprint density at radius 1 is 0.857 bits per heavy atom. The number of amides is 1. The van der Waals surface area contributed by atoms with E-state index in [0.717, 1.165) is 18.2 Å². The van der Waals surface area contributed by atoms with Gasteiger partial charge in [-0.05, 0) is 54.6 Å². The standard InChI is InChI=1S/C19H13ClF2N2O3S/c20-18-8-7-16(28(26,27)24-15-6-2-4-13(22)10-15)11-17(18)19(25)23-14-5-1-3-12(21)9-14/h1-11,24H,(H,23,25). The first-order valence-corrected chi connectivity index (χ1v) is 9.75. The second-order valence-corrected chi connectivity index (χ2v) is 7.81. The van der Waals surface area contributed by atoms with E-state index in [0.29, 0.717) is 0 Å². The molecule has 0 heterocycles. The summed E-state index contributed by atoms with van der Waals surface area (Å²) in [6.07, 6.45) is 0. The molecule has 28 heavy (non-hydrogen) atoms. The van der Waals surface area contributed by atoms with Crippen LogP contribution in [0.15, 0.2) is 71.6 Å². The Labute approximate surface area is 165 Å². The quantitative estimate of drug-likeness (QED) is 0.627. The Hall–Kier alpha value is -2.97. The van der Waals surface area contributed by atoms with E-state index in [1.54, 1.807) is 0 Å². The maximum atomic E-state index is 13.3. The zero-order chi connectivity index (χ0) is 20.3. The van der Waals surface area contributed by atoms with Gasteiger partial charge in [0.2, 0.25) is 0 Å². The normalized spacial score (nSPS) is 11.1. The van der Waals surface area contributed by atoms with Gasteiger partial charge in [-0.3, -0.25) is 9.52 Å². The van der Waals surface area contributed by atoms with Crippen LogP contribution in [0.1, 0.15) is 10.4 Å². The molecule has 1 amide bonds. The van der Waals surface area contributed by atoms with Gasteiger partial charge in [-0.2, -0.15) is 0 Å². The summed E-state index contributed by atoms with van der Waals surface area (Å²) in [6, 6.07) is 13.7. The average molecular weight is 423 g/mol. The van der Waals surface area contributed by atoms with Gasteiger partial charge < -0.3 is 5.32 Å². The van der Waals surface area contributed by atoms with E-state index in [9.17, 15) is 22.0 Å². The summed E-state index contributed by atoms with van der Waals surface area (Å²) in [7, 11) is -4.10. The minimum atomic E-state index is -4.10. The topological polar surface area (TPSA) is 75.3 Å². The second-order valence-electron chi connectivity index (χ2n) is 5.72. The fourth-order valence-corrected chi connectivity index (χ4v) is 3.65. The van der Waals surface area contributed by atoms with Gasteiger partial charge in [0.1, 0.15) is 11.6 Å². The second kappa shape index (κ2) is 7.95. The van der Waals surface area contributed by atoms with Crippen molar-refractivity contribution in [1.29, 1.82) is 0 Å². The lowest BCUT2D eigenvalue weighted by Gasteiger charge is -2.11. The SMILES string of the molecule is O=C(Nc1cccc(F)c1)c1cc(S(=O)(=O)Nc2cccc(F)c2)ccc1Cl. The molecule has 3 aromatic rings. The number of halogens is 3. The molecule has 0 aliphatic heterocycles. The molecule has 0 aliphatic rings. The predicted molar refractivity (Wildman–Crippen MR) is 103 cm³/mol. The molecule has 0 radical (unpaired) electrons. The van der Waals surface area contributed by atoms with Crippen LogP contribution in [0.4, 0.5) is 20.2 Å². The minimum Gasteiger partial charge on any atom is -0.322 e. The van der Waals surface area contributed by atoms with Gasteiger partial charge in [-0.15, -0.1) is 0 Å². The molecule has 9 heteroatoms. The molecule has 0 saturated carbocycles. The summed E-state index contributed by atoms with van der Waals surface area (Å²) >= 11 is 6.02. The summed E-state index contributed by atoms with van der Waals surface area (Å²) < 4.78 is 53.8. The molecule has 0 aromatic heterocycles. The molecule has 0 atom stereocenters. The summed E-state index contributed by atoms with van der Waals surface area (Å²) in [5.74, 6) is -1.86. The highest BCUT2D eigenvalue weighted by atomic mass is 35.5. The maximum Gasteiger partial charge on any atom is 0.261 e. The number of hydrogen-bond donors (Lipinski definition) is 2. The first-order valence-electron chi connectivity index (χ1n) is 7.89. The summed E-state index contributed by atoms with van der Waals surface area (Å²) in [5, 5.41) is 2.46. The Balaban J connectivity index is 1.89. The van der Waals surface area contributed by atoms with E-state index in [2.05, 4.69) is 10.0 Å². The third kappa shape index (κ3) is 4.65. The van der Waals surface area contributed by atoms with Gasteiger partial charge in [-0.25, -0.2) is 17.2 Å². The maximum absolute atomic E-state index is 13.3. The van der Waals surface area contributed by atoms with Crippen molar-refractivity contribution in [2.45, 2.75) is 4.90 Å². The zero-order valence-corrected chi connectivity index (χ0v) is 15.7. The van der Waals surface area contributed by atoms with Crippen LogP contribution >= 0.6 is 11.6 Å². The number of sulfonamides is 1. The zero-order valence-electron chi connectivity index (χ0n) is 14.1. The van der Waals surface area contributed by atoms with Crippen LogP contribution in [0, 0.1) is 11.6 Å². The molecular weight excluding hydrogens is 410 g/mol. The van der Waals surface area contributed by atoms with Crippen LogP contribution in [0.3, 0.4) is 0 Å². The van der Waals surface area contributed by atoms with E-state index < -0.39 is 27.6 Å². The van der Waals surface area contributed by atoms with Crippen LogP contribution < -0.4 is 10.0 Å². The summed E-state index contributed by atoms with van der Waals surface area (Å²) in [4.78, 5) is 12.2. The van der Waals surface area contributed by atoms with Crippen molar-refractivity contribution >= 4 is 38.9 Å². The lowest BCUT2D eigenvalue weighted by molar-refractivity contribution is 0.102. The van der Waals surface area contributed by atoms with Gasteiger partial charge >= 0.3 is 0 Å². The Morgan fingerprint density at radius 3 is 2.11 bits per heavy atom. The lowest BCUT2D eigenvalue weighted by Crippen LogP contribution is -2.16. The highest BCUT2D eigenvalue weighted by Crippen LogP contribution is 2.24. The fraction of sp³-hybridized carbons (Fsp3) is 0. The van der Waals surface area contributed by atoms with Crippen LogP contribution in [0.5, 0.6) is 0 Å². The number of anilines is 2. The number of benzene rings is 3. The third-order valence-electron chi connectivity index (χ3n) is 3.65. The summed E-state index contributed by atoms with van der Waals surface area (Å²) in [6.45, 7) is 0. The highest BCUT2D eigenvalue weighted by Gasteiger charge is 2.19. The Bertz CT molecular complexity index is 1150. The highest BCUT2D eigenvalue weighted by molar-refractivity contribution is 7.92. The molecular formula is C19H13ClF2N2O3S. The van der Waals surface area contributed by atoms with Crippen molar-refractivity contribution < 1.29 is 22.0 Å². The van der Waals surface area contributed by atoms with Crippen LogP contribution in [0.25, 0.3) is 0 Å². The van der Waals surface area contributed by atoms with Crippen molar-refractivity contribution in [3.8, 4) is 0 Å². The fourth-order valence-electron chi connectivity index (χ4n) is 2.38. The van der Waals surface area contributed by atoms with E-state index >= 15 is 0 Å². The molecule has 3 aromatic carbocycles. The van der Waals surface area contributed by atoms with Crippen LogP contribution in [0.2, 0.25) is 5.02 Å². The molecule has 0 aliphatic carbocycles. The largest absolute Gasteiger partial charge is 0.322 e. The first-order chi connectivity index (χ1) is 13.2. The van der Waals surface area contributed by atoms with Crippen molar-refractivity contribution in [3.63, 3.8) is 0 Å². The van der Waals surface area contributed by atoms with Crippen molar-refractivity contribution in [3.05, 3.63) is 89.0 Å². The molecule has 0 spiro atoms. The molecule has 5 nitrogen and oxygen atoms in total. The number of hydrogen-bond acceptors (Lipinski definition) is 3. The van der Waals surface area contributed by atoms with E-state index in [1.807, 2.05) is 0 Å². The van der Waals surface area contributed by atoms with Crippen molar-refractivity contribution in [1.82, 2.24) is 0 Å². The molecule has 0 fully saturated rings. The molecule has 0 unspecified atom stereocenters. The molecule has 2 N–H and O–H groups in total. The lowest BCUT2D eigenvalue weighted by atomic mass is 10.2. The molecule has 0 bridgehead atoms. The van der Waals surface area contributed by atoms with Crippen LogP contribution in [-0.4, -0.2) is 14.3 Å². The van der Waals surface area contributed by atoms with E-state index in [4.69, 9.17) is 11.6 Å². The molecule has 0 saturated heterocycles. The monoisotopic (exact) mass is 422 g/mol. The van der Waals surface area contributed by atoms with E-state index in [1.165, 1.54) is 48.5 Å². The van der Waals surface area contributed by atoms with Gasteiger partial charge in [0.05, 0.1) is 21.2 Å². The molecule has 3 rings (SSSR count). The Morgan fingerprint density at radius 2 is 1.46 bits per heavy atom. The number of carbonyl (C=O) groups is 1. The van der Waals surface area contributed by atoms with Gasteiger partial charge in [0, 0.05) is 5.69 Å². The van der Waals surface area contributed by atoms with Crippen molar-refractivity contribution in [2.75, 3.05) is 10.0 Å². The van der Waals surface area contributed by atoms with Gasteiger partial charge in [0.25, 0.3) is 15.9 Å². The number of rotatable bonds is 5. The molecule has 144 valence electrons. The van der Waals surface area contributed by atoms with E-state index in [-0.39, 0.29) is 26.9 Å². The minimum absolute atomic E-state index is 0.0126. The Kier molecular flexibility index (Phi) is 5.62. The number of nitrogens with one attached hydrogen (secondary N) is 2. The average Bonchev–Trinajstić information content (AvgIpc) is 2.61. The third-order valence-corrected chi connectivity index (χ3v) is 5.36. The first kappa shape index (κ1) is 19.8. The predicted octanol–water partition coefficient (Wildman–Crippen LogP) is 4.67. The van der Waals surface area contributed by atoms with Gasteiger partial charge in [-0.1, -0.05) is 23.7 Å². The smallest absolute Gasteiger partial charge is 0.261 e. The summed E-state index contributed by atoms with van der Waals surface area (Å²) in [5.41, 5.74) is 0.0981. The number of carbonyl (C=O) groups excluding carboxylic acids is 1.